The molecule has 5 nitrogen and oxygen atoms in total. The van der Waals surface area contributed by atoms with Gasteiger partial charge in [-0.3, -0.25) is 5.10 Å². The largest absolute Gasteiger partial charge is 0.306 e. The minimum absolute atomic E-state index is 0.693. The summed E-state index contributed by atoms with van der Waals surface area (Å²) >= 11 is 0. The van der Waals surface area contributed by atoms with Crippen molar-refractivity contribution in [2.24, 2.45) is 0 Å². The van der Waals surface area contributed by atoms with Crippen molar-refractivity contribution in [1.29, 1.82) is 0 Å². The maximum atomic E-state index is 4.27. The minimum atomic E-state index is 0.693. The number of H-pyrrole nitrogens is 1. The third kappa shape index (κ3) is 0.922. The van der Waals surface area contributed by atoms with Gasteiger partial charge in [0.05, 0.1) is 5.52 Å². The van der Waals surface area contributed by atoms with Crippen LogP contribution in [0, 0.1) is 0 Å². The van der Waals surface area contributed by atoms with Crippen molar-refractivity contribution in [1.82, 2.24) is 24.6 Å². The molecular weight excluding hydrogens is 178 g/mol. The highest BCUT2D eigenvalue weighted by Gasteiger charge is 2.07. The molecular formula is C9H7N5. The summed E-state index contributed by atoms with van der Waals surface area (Å²) in [4.78, 5) is 8.33. The summed E-state index contributed by atoms with van der Waals surface area (Å²) in [6.45, 7) is 0. The maximum absolute atomic E-state index is 4.27. The summed E-state index contributed by atoms with van der Waals surface area (Å²) in [5, 5.41) is 6.59. The first-order valence-electron chi connectivity index (χ1n) is 4.22. The summed E-state index contributed by atoms with van der Waals surface area (Å²) in [7, 11) is 0. The second kappa shape index (κ2) is 2.66. The third-order valence-electron chi connectivity index (χ3n) is 2.08. The Morgan fingerprint density at radius 3 is 3.07 bits per heavy atom. The molecule has 0 aliphatic heterocycles. The van der Waals surface area contributed by atoms with Crippen LogP contribution in [-0.2, 0) is 0 Å². The molecule has 0 unspecified atom stereocenters. The van der Waals surface area contributed by atoms with E-state index in [2.05, 4.69) is 20.2 Å². The minimum Gasteiger partial charge on any atom is -0.306 e. The van der Waals surface area contributed by atoms with Crippen molar-refractivity contribution >= 4 is 5.52 Å². The monoisotopic (exact) mass is 185 g/mol. The number of hydrogen-bond acceptors (Lipinski definition) is 3. The first kappa shape index (κ1) is 7.25. The number of aromatic nitrogens is 5. The third-order valence-corrected chi connectivity index (χ3v) is 2.08. The van der Waals surface area contributed by atoms with Crippen LogP contribution in [0.2, 0.25) is 0 Å². The molecule has 1 N–H and O–H groups in total. The number of hydrogen-bond donors (Lipinski definition) is 1. The fraction of sp³-hybridized carbons (Fsp3) is 0. The first-order valence-corrected chi connectivity index (χ1v) is 4.22. The molecule has 0 fully saturated rings. The van der Waals surface area contributed by atoms with Gasteiger partial charge in [0.1, 0.15) is 18.3 Å². The molecule has 0 atom stereocenters. The lowest BCUT2D eigenvalue weighted by Crippen LogP contribution is -1.83. The first-order chi connectivity index (χ1) is 6.95. The molecule has 0 aliphatic rings. The molecule has 3 rings (SSSR count). The van der Waals surface area contributed by atoms with Crippen LogP contribution < -0.4 is 0 Å². The van der Waals surface area contributed by atoms with Crippen LogP contribution >= 0.6 is 0 Å². The highest BCUT2D eigenvalue weighted by Crippen LogP contribution is 2.17. The van der Waals surface area contributed by atoms with Crippen LogP contribution in [0.25, 0.3) is 17.0 Å². The number of pyridine rings is 1. The Labute approximate surface area is 79.4 Å². The fourth-order valence-electron chi connectivity index (χ4n) is 1.45. The van der Waals surface area contributed by atoms with E-state index in [0.29, 0.717) is 5.82 Å². The molecule has 5 heteroatoms. The zero-order valence-corrected chi connectivity index (χ0v) is 7.25. The van der Waals surface area contributed by atoms with E-state index in [1.807, 2.05) is 28.8 Å². The van der Waals surface area contributed by atoms with Gasteiger partial charge in [-0.05, 0) is 12.1 Å². The van der Waals surface area contributed by atoms with Crippen LogP contribution in [0.4, 0.5) is 0 Å². The van der Waals surface area contributed by atoms with Gasteiger partial charge in [0.15, 0.2) is 5.82 Å². The number of rotatable bonds is 1. The highest BCUT2D eigenvalue weighted by molar-refractivity contribution is 5.72. The van der Waals surface area contributed by atoms with E-state index in [1.54, 1.807) is 6.33 Å². The number of imidazole rings is 1. The van der Waals surface area contributed by atoms with Gasteiger partial charge in [-0.2, -0.15) is 5.10 Å². The van der Waals surface area contributed by atoms with Crippen molar-refractivity contribution in [3.05, 3.63) is 37.1 Å². The molecule has 0 saturated heterocycles. The molecule has 0 aliphatic carbocycles. The topological polar surface area (TPSA) is 58.9 Å². The van der Waals surface area contributed by atoms with E-state index in [1.165, 1.54) is 6.33 Å². The number of aromatic amines is 1. The molecule has 0 aromatic carbocycles. The Morgan fingerprint density at radius 1 is 1.21 bits per heavy atom. The summed E-state index contributed by atoms with van der Waals surface area (Å²) in [6.07, 6.45) is 5.18. The van der Waals surface area contributed by atoms with Gasteiger partial charge in [-0.15, -0.1) is 0 Å². The van der Waals surface area contributed by atoms with Crippen LogP contribution in [0.15, 0.2) is 37.1 Å². The van der Waals surface area contributed by atoms with E-state index in [-0.39, 0.29) is 0 Å². The average molecular weight is 185 g/mol. The van der Waals surface area contributed by atoms with Crippen molar-refractivity contribution in [3.8, 4) is 11.5 Å². The number of nitrogens with one attached hydrogen (secondary N) is 1. The Balaban J connectivity index is 2.33. The van der Waals surface area contributed by atoms with Crippen molar-refractivity contribution in [3.63, 3.8) is 0 Å². The molecule has 3 aromatic heterocycles. The lowest BCUT2D eigenvalue weighted by molar-refractivity contribution is 1.09. The normalized spacial score (nSPS) is 10.9. The molecule has 3 aromatic rings. The Morgan fingerprint density at radius 2 is 2.21 bits per heavy atom. The Hall–Kier alpha value is -2.17. The van der Waals surface area contributed by atoms with Crippen molar-refractivity contribution in [2.45, 2.75) is 0 Å². The smallest absolute Gasteiger partial charge is 0.176 e. The van der Waals surface area contributed by atoms with E-state index in [4.69, 9.17) is 0 Å². The quantitative estimate of drug-likeness (QED) is 0.618. The molecule has 0 bridgehead atoms. The predicted molar refractivity (Wildman–Crippen MR) is 50.6 cm³/mol. The van der Waals surface area contributed by atoms with Gasteiger partial charge >= 0.3 is 0 Å². The van der Waals surface area contributed by atoms with Crippen LogP contribution in [0.1, 0.15) is 0 Å². The highest BCUT2D eigenvalue weighted by atomic mass is 15.2. The molecule has 14 heavy (non-hydrogen) atoms. The van der Waals surface area contributed by atoms with Crippen molar-refractivity contribution in [2.75, 3.05) is 0 Å². The lowest BCUT2D eigenvalue weighted by atomic mass is 10.3. The second-order valence-electron chi connectivity index (χ2n) is 2.92. The van der Waals surface area contributed by atoms with Crippen molar-refractivity contribution < 1.29 is 0 Å². The number of nitrogens with zero attached hydrogens (tertiary/aromatic N) is 4. The zero-order valence-electron chi connectivity index (χ0n) is 7.25. The van der Waals surface area contributed by atoms with Gasteiger partial charge in [0.25, 0.3) is 0 Å². The average Bonchev–Trinajstić information content (AvgIpc) is 2.85. The van der Waals surface area contributed by atoms with Crippen LogP contribution in [0.3, 0.4) is 0 Å². The van der Waals surface area contributed by atoms with Gasteiger partial charge < -0.3 is 4.40 Å². The Kier molecular flexibility index (Phi) is 1.38. The van der Waals surface area contributed by atoms with E-state index >= 15 is 0 Å². The lowest BCUT2D eigenvalue weighted by Gasteiger charge is -1.92. The summed E-state index contributed by atoms with van der Waals surface area (Å²) in [5.74, 6) is 0.693. The molecule has 0 spiro atoms. The maximum Gasteiger partial charge on any atom is 0.176 e. The molecule has 68 valence electrons. The number of fused-ring (bicyclic) bond motifs is 1. The van der Waals surface area contributed by atoms with Crippen LogP contribution in [-0.4, -0.2) is 24.6 Å². The molecule has 0 saturated carbocycles. The van der Waals surface area contributed by atoms with E-state index < -0.39 is 0 Å². The second-order valence-corrected chi connectivity index (χ2v) is 2.92. The SMILES string of the molecule is c1ccn2cnc(-c3ncn[nH]3)c2c1. The molecule has 0 amide bonds. The zero-order chi connectivity index (χ0) is 9.38. The predicted octanol–water partition coefficient (Wildman–Crippen LogP) is 1.12. The van der Waals surface area contributed by atoms with Gasteiger partial charge in [-0.25, -0.2) is 9.97 Å². The Bertz CT molecular complexity index is 551. The summed E-state index contributed by atoms with van der Waals surface area (Å²) in [6, 6.07) is 5.92. The van der Waals surface area contributed by atoms with Gasteiger partial charge in [-0.1, -0.05) is 6.07 Å². The summed E-state index contributed by atoms with van der Waals surface area (Å²) in [5.41, 5.74) is 1.84. The molecule has 0 radical (unpaired) electrons. The van der Waals surface area contributed by atoms with E-state index in [9.17, 15) is 0 Å². The fourth-order valence-corrected chi connectivity index (χ4v) is 1.45. The summed E-state index contributed by atoms with van der Waals surface area (Å²) < 4.78 is 1.94. The van der Waals surface area contributed by atoms with Gasteiger partial charge in [0.2, 0.25) is 0 Å². The van der Waals surface area contributed by atoms with Gasteiger partial charge in [0, 0.05) is 6.20 Å². The standard InChI is InChI=1S/C9H7N5/c1-2-4-14-6-11-8(7(14)3-1)9-10-5-12-13-9/h1-6H,(H,10,12,13). The van der Waals surface area contributed by atoms with Crippen LogP contribution in [0.5, 0.6) is 0 Å². The van der Waals surface area contributed by atoms with E-state index in [0.717, 1.165) is 11.2 Å². The molecule has 3 heterocycles.